The van der Waals surface area contributed by atoms with Gasteiger partial charge in [0.1, 0.15) is 0 Å². The summed E-state index contributed by atoms with van der Waals surface area (Å²) >= 11 is 5.87. The molecule has 3 amide bonds. The summed E-state index contributed by atoms with van der Waals surface area (Å²) < 4.78 is 4.83. The van der Waals surface area contributed by atoms with Crippen molar-refractivity contribution in [3.8, 4) is 0 Å². The highest BCUT2D eigenvalue weighted by molar-refractivity contribution is 6.34. The second-order valence-electron chi connectivity index (χ2n) is 6.19. The minimum atomic E-state index is -0.781. The highest BCUT2D eigenvalue weighted by Crippen LogP contribution is 2.26. The lowest BCUT2D eigenvalue weighted by molar-refractivity contribution is -0.384. The van der Waals surface area contributed by atoms with E-state index in [0.717, 1.165) is 17.0 Å². The number of amides is 3. The fourth-order valence-electron chi connectivity index (χ4n) is 2.77. The molecule has 1 aliphatic rings. The van der Waals surface area contributed by atoms with Gasteiger partial charge < -0.3 is 10.1 Å². The van der Waals surface area contributed by atoms with Crippen molar-refractivity contribution in [1.29, 1.82) is 0 Å². The zero-order valence-electron chi connectivity index (χ0n) is 15.3. The van der Waals surface area contributed by atoms with E-state index in [1.54, 1.807) is 12.1 Å². The number of fused-ring (bicyclic) bond motifs is 1. The molecule has 3 rings (SSSR count). The number of anilines is 1. The first-order chi connectivity index (χ1) is 14.3. The molecule has 10 nitrogen and oxygen atoms in total. The third-order valence-electron chi connectivity index (χ3n) is 4.22. The number of non-ortho nitro benzene ring substituents is 1. The number of nitrogens with zero attached hydrogens (tertiary/aromatic N) is 2. The summed E-state index contributed by atoms with van der Waals surface area (Å²) in [4.78, 5) is 59.2. The molecular weight excluding hydrogens is 418 g/mol. The van der Waals surface area contributed by atoms with Crippen LogP contribution in [-0.2, 0) is 14.3 Å². The van der Waals surface area contributed by atoms with Crippen molar-refractivity contribution in [3.05, 3.63) is 68.7 Å². The number of esters is 1. The molecular formula is C19H14ClN3O7. The molecule has 30 heavy (non-hydrogen) atoms. The summed E-state index contributed by atoms with van der Waals surface area (Å²) in [5.74, 6) is -2.47. The maximum atomic E-state index is 12.2. The van der Waals surface area contributed by atoms with Crippen LogP contribution >= 0.6 is 11.6 Å². The molecule has 0 aliphatic carbocycles. The van der Waals surface area contributed by atoms with E-state index in [1.165, 1.54) is 18.2 Å². The van der Waals surface area contributed by atoms with Crippen molar-refractivity contribution in [2.45, 2.75) is 6.42 Å². The maximum absolute atomic E-state index is 12.2. The Morgan fingerprint density at radius 3 is 2.30 bits per heavy atom. The van der Waals surface area contributed by atoms with Crippen LogP contribution in [0.15, 0.2) is 42.5 Å². The molecule has 11 heteroatoms. The molecule has 0 bridgehead atoms. The summed E-state index contributed by atoms with van der Waals surface area (Å²) in [7, 11) is 0. The van der Waals surface area contributed by atoms with Gasteiger partial charge in [0.2, 0.25) is 0 Å². The van der Waals surface area contributed by atoms with Gasteiger partial charge in [-0.05, 0) is 18.2 Å². The summed E-state index contributed by atoms with van der Waals surface area (Å²) in [6.07, 6.45) is -0.281. The van der Waals surface area contributed by atoms with Gasteiger partial charge in [0.25, 0.3) is 23.4 Å². The number of hydrogen-bond acceptors (Lipinski definition) is 7. The van der Waals surface area contributed by atoms with Gasteiger partial charge in [-0.25, -0.2) is 0 Å². The van der Waals surface area contributed by atoms with Crippen molar-refractivity contribution in [3.63, 3.8) is 0 Å². The van der Waals surface area contributed by atoms with Gasteiger partial charge >= 0.3 is 5.97 Å². The third kappa shape index (κ3) is 4.44. The van der Waals surface area contributed by atoms with Crippen molar-refractivity contribution in [2.75, 3.05) is 18.5 Å². The molecule has 0 saturated carbocycles. The molecule has 0 radical (unpaired) electrons. The lowest BCUT2D eigenvalue weighted by atomic mass is 10.1. The van der Waals surface area contributed by atoms with E-state index >= 15 is 0 Å². The highest BCUT2D eigenvalue weighted by Gasteiger charge is 2.35. The van der Waals surface area contributed by atoms with Crippen molar-refractivity contribution in [2.24, 2.45) is 0 Å². The molecule has 2 aromatic carbocycles. The molecule has 0 atom stereocenters. The Morgan fingerprint density at radius 2 is 1.73 bits per heavy atom. The number of ether oxygens (including phenoxy) is 1. The Kier molecular flexibility index (Phi) is 6.07. The van der Waals surface area contributed by atoms with Crippen LogP contribution in [0.25, 0.3) is 0 Å². The second kappa shape index (κ2) is 8.70. The average molecular weight is 432 g/mol. The molecule has 0 spiro atoms. The van der Waals surface area contributed by atoms with E-state index in [-0.39, 0.29) is 40.5 Å². The second-order valence-corrected chi connectivity index (χ2v) is 6.59. The van der Waals surface area contributed by atoms with Gasteiger partial charge in [-0.15, -0.1) is 0 Å². The van der Waals surface area contributed by atoms with Crippen LogP contribution < -0.4 is 5.32 Å². The monoisotopic (exact) mass is 431 g/mol. The summed E-state index contributed by atoms with van der Waals surface area (Å²) in [5.41, 5.74) is 0.428. The number of nitro groups is 1. The number of nitro benzene ring substituents is 1. The van der Waals surface area contributed by atoms with Gasteiger partial charge in [-0.1, -0.05) is 23.7 Å². The minimum Gasteiger partial charge on any atom is -0.456 e. The number of rotatable bonds is 7. The fraction of sp³-hybridized carbons (Fsp3) is 0.158. The largest absolute Gasteiger partial charge is 0.456 e. The van der Waals surface area contributed by atoms with Crippen molar-refractivity contribution in [1.82, 2.24) is 4.90 Å². The molecule has 1 heterocycles. The predicted octanol–water partition coefficient (Wildman–Crippen LogP) is 2.42. The van der Waals surface area contributed by atoms with Crippen LogP contribution in [0.2, 0.25) is 5.02 Å². The SMILES string of the molecule is O=C(COC(=O)CCN1C(=O)c2ccccc2C1=O)Nc1ccc([N+](=O)[O-])cc1Cl. The smallest absolute Gasteiger partial charge is 0.308 e. The Labute approximate surface area is 174 Å². The first kappa shape index (κ1) is 20.9. The number of benzene rings is 2. The maximum Gasteiger partial charge on any atom is 0.308 e. The highest BCUT2D eigenvalue weighted by atomic mass is 35.5. The first-order valence-corrected chi connectivity index (χ1v) is 9.00. The topological polar surface area (TPSA) is 136 Å². The van der Waals surface area contributed by atoms with Crippen LogP contribution in [0.3, 0.4) is 0 Å². The van der Waals surface area contributed by atoms with Crippen LogP contribution in [0, 0.1) is 10.1 Å². The van der Waals surface area contributed by atoms with E-state index in [4.69, 9.17) is 16.3 Å². The number of imide groups is 1. The Hall–Kier alpha value is -3.79. The molecule has 1 aliphatic heterocycles. The standard InChI is InChI=1S/C19H14ClN3O7/c20-14-9-11(23(28)29)5-6-15(14)21-16(24)10-30-17(25)7-8-22-18(26)12-3-1-2-4-13(12)19(22)27/h1-6,9H,7-8,10H2,(H,21,24). The number of nitrogens with one attached hydrogen (secondary N) is 1. The normalized spacial score (nSPS) is 12.5. The number of hydrogen-bond donors (Lipinski definition) is 1. The van der Waals surface area contributed by atoms with Gasteiger partial charge in [-0.2, -0.15) is 0 Å². The van der Waals surface area contributed by atoms with E-state index < -0.39 is 35.2 Å². The third-order valence-corrected chi connectivity index (χ3v) is 4.53. The Morgan fingerprint density at radius 1 is 1.10 bits per heavy atom. The molecule has 2 aromatic rings. The van der Waals surface area contributed by atoms with E-state index in [9.17, 15) is 29.3 Å². The molecule has 0 unspecified atom stereocenters. The number of carbonyl (C=O) groups is 4. The van der Waals surface area contributed by atoms with E-state index in [1.807, 2.05) is 0 Å². The molecule has 0 fully saturated rings. The summed E-state index contributed by atoms with van der Waals surface area (Å²) in [6.45, 7) is -0.810. The summed E-state index contributed by atoms with van der Waals surface area (Å²) in [5, 5.41) is 13.0. The number of carbonyl (C=O) groups excluding carboxylic acids is 4. The average Bonchev–Trinajstić information content (AvgIpc) is 2.96. The fourth-order valence-corrected chi connectivity index (χ4v) is 2.99. The van der Waals surface area contributed by atoms with Gasteiger partial charge in [-0.3, -0.25) is 34.2 Å². The molecule has 0 saturated heterocycles. The molecule has 0 aromatic heterocycles. The quantitative estimate of drug-likeness (QED) is 0.307. The van der Waals surface area contributed by atoms with E-state index in [2.05, 4.69) is 5.32 Å². The van der Waals surface area contributed by atoms with Crippen molar-refractivity contribution >= 4 is 46.7 Å². The summed E-state index contributed by atoms with van der Waals surface area (Å²) in [6, 6.07) is 9.82. The van der Waals surface area contributed by atoms with Crippen molar-refractivity contribution < 1.29 is 28.8 Å². The van der Waals surface area contributed by atoms with Crippen LogP contribution in [0.5, 0.6) is 0 Å². The van der Waals surface area contributed by atoms with Gasteiger partial charge in [0, 0.05) is 18.7 Å². The minimum absolute atomic E-state index is 0.0468. The van der Waals surface area contributed by atoms with Crippen LogP contribution in [0.4, 0.5) is 11.4 Å². The van der Waals surface area contributed by atoms with Crippen LogP contribution in [-0.4, -0.2) is 46.7 Å². The lowest BCUT2D eigenvalue weighted by Gasteiger charge is -2.13. The molecule has 154 valence electrons. The predicted molar refractivity (Wildman–Crippen MR) is 104 cm³/mol. The molecule has 1 N–H and O–H groups in total. The Bertz CT molecular complexity index is 1030. The first-order valence-electron chi connectivity index (χ1n) is 8.62. The van der Waals surface area contributed by atoms with E-state index in [0.29, 0.717) is 0 Å². The number of halogens is 1. The van der Waals surface area contributed by atoms with Gasteiger partial charge in [0.15, 0.2) is 6.61 Å². The Balaban J connectivity index is 1.47. The van der Waals surface area contributed by atoms with Gasteiger partial charge in [0.05, 0.1) is 33.2 Å². The zero-order chi connectivity index (χ0) is 21.8. The lowest BCUT2D eigenvalue weighted by Crippen LogP contribution is -2.32. The van der Waals surface area contributed by atoms with Crippen LogP contribution in [0.1, 0.15) is 27.1 Å². The zero-order valence-corrected chi connectivity index (χ0v) is 16.0.